The SMILES string of the molecule is CC#CCNC(CCC)C(=O)OCC. The third-order valence-electron chi connectivity index (χ3n) is 1.76. The number of carbonyl (C=O) groups excluding carboxylic acids is 1. The number of carbonyl (C=O) groups is 1. The lowest BCUT2D eigenvalue weighted by molar-refractivity contribution is -0.145. The number of ether oxygens (including phenoxy) is 1. The van der Waals surface area contributed by atoms with E-state index in [2.05, 4.69) is 17.2 Å². The van der Waals surface area contributed by atoms with Gasteiger partial charge in [-0.25, -0.2) is 0 Å². The molecule has 3 nitrogen and oxygen atoms in total. The van der Waals surface area contributed by atoms with Gasteiger partial charge in [0.25, 0.3) is 0 Å². The third-order valence-corrected chi connectivity index (χ3v) is 1.76. The van der Waals surface area contributed by atoms with Crippen molar-refractivity contribution in [2.75, 3.05) is 13.2 Å². The molecular weight excluding hydrogens is 178 g/mol. The van der Waals surface area contributed by atoms with Crippen LogP contribution in [0.1, 0.15) is 33.6 Å². The van der Waals surface area contributed by atoms with Crippen LogP contribution in [0.15, 0.2) is 0 Å². The molecule has 3 heteroatoms. The number of nitrogens with one attached hydrogen (secondary N) is 1. The molecule has 80 valence electrons. The molecule has 0 aromatic rings. The molecule has 0 aromatic carbocycles. The van der Waals surface area contributed by atoms with Crippen molar-refractivity contribution < 1.29 is 9.53 Å². The Morgan fingerprint density at radius 1 is 1.50 bits per heavy atom. The first-order valence-corrected chi connectivity index (χ1v) is 5.05. The highest BCUT2D eigenvalue weighted by Crippen LogP contribution is 1.98. The molecule has 0 aliphatic rings. The number of hydrogen-bond donors (Lipinski definition) is 1. The van der Waals surface area contributed by atoms with E-state index in [1.807, 2.05) is 13.8 Å². The van der Waals surface area contributed by atoms with E-state index in [1.165, 1.54) is 0 Å². The Bertz CT molecular complexity index is 215. The number of hydrogen-bond acceptors (Lipinski definition) is 3. The normalized spacial score (nSPS) is 11.4. The van der Waals surface area contributed by atoms with Crippen LogP contribution in [0, 0.1) is 11.8 Å². The van der Waals surface area contributed by atoms with Crippen LogP contribution in [-0.2, 0) is 9.53 Å². The molecule has 1 atom stereocenters. The zero-order valence-electron chi connectivity index (χ0n) is 9.22. The van der Waals surface area contributed by atoms with Crippen LogP contribution in [0.2, 0.25) is 0 Å². The van der Waals surface area contributed by atoms with E-state index in [-0.39, 0.29) is 12.0 Å². The van der Waals surface area contributed by atoms with Crippen molar-refractivity contribution in [3.05, 3.63) is 0 Å². The highest BCUT2D eigenvalue weighted by atomic mass is 16.5. The molecule has 0 rings (SSSR count). The lowest BCUT2D eigenvalue weighted by atomic mass is 10.1. The average molecular weight is 197 g/mol. The Balaban J connectivity index is 3.97. The summed E-state index contributed by atoms with van der Waals surface area (Å²) in [7, 11) is 0. The summed E-state index contributed by atoms with van der Waals surface area (Å²) >= 11 is 0. The van der Waals surface area contributed by atoms with Crippen LogP contribution < -0.4 is 5.32 Å². The fourth-order valence-corrected chi connectivity index (χ4v) is 1.10. The van der Waals surface area contributed by atoms with Gasteiger partial charge in [-0.3, -0.25) is 10.1 Å². The second kappa shape index (κ2) is 8.58. The molecule has 1 N–H and O–H groups in total. The van der Waals surface area contributed by atoms with Crippen LogP contribution >= 0.6 is 0 Å². The van der Waals surface area contributed by atoms with Gasteiger partial charge >= 0.3 is 5.97 Å². The van der Waals surface area contributed by atoms with Crippen molar-refractivity contribution >= 4 is 5.97 Å². The summed E-state index contributed by atoms with van der Waals surface area (Å²) in [5.41, 5.74) is 0. The first kappa shape index (κ1) is 13.0. The summed E-state index contributed by atoms with van der Waals surface area (Å²) < 4.78 is 4.94. The molecule has 0 aliphatic carbocycles. The minimum absolute atomic E-state index is 0.174. The first-order chi connectivity index (χ1) is 6.76. The molecule has 0 saturated carbocycles. The van der Waals surface area contributed by atoms with E-state index in [0.29, 0.717) is 13.2 Å². The van der Waals surface area contributed by atoms with E-state index >= 15 is 0 Å². The Morgan fingerprint density at radius 2 is 2.21 bits per heavy atom. The third kappa shape index (κ3) is 5.60. The Kier molecular flexibility index (Phi) is 7.96. The fourth-order valence-electron chi connectivity index (χ4n) is 1.10. The van der Waals surface area contributed by atoms with E-state index < -0.39 is 0 Å². The van der Waals surface area contributed by atoms with Crippen molar-refractivity contribution in [2.45, 2.75) is 39.7 Å². The summed E-state index contributed by atoms with van der Waals surface area (Å²) in [6.07, 6.45) is 1.75. The van der Waals surface area contributed by atoms with Gasteiger partial charge in [-0.05, 0) is 20.3 Å². The topological polar surface area (TPSA) is 38.3 Å². The van der Waals surface area contributed by atoms with Gasteiger partial charge in [0.15, 0.2) is 0 Å². The molecule has 0 heterocycles. The first-order valence-electron chi connectivity index (χ1n) is 5.05. The van der Waals surface area contributed by atoms with E-state index in [9.17, 15) is 4.79 Å². The van der Waals surface area contributed by atoms with E-state index in [1.54, 1.807) is 6.92 Å². The van der Waals surface area contributed by atoms with Crippen LogP contribution in [0.4, 0.5) is 0 Å². The predicted molar refractivity (Wildman–Crippen MR) is 56.8 cm³/mol. The molecule has 0 spiro atoms. The lowest BCUT2D eigenvalue weighted by Crippen LogP contribution is -2.38. The van der Waals surface area contributed by atoms with Gasteiger partial charge in [-0.1, -0.05) is 19.3 Å². The summed E-state index contributed by atoms with van der Waals surface area (Å²) in [5.74, 6) is 5.46. The average Bonchev–Trinajstić information content (AvgIpc) is 2.17. The van der Waals surface area contributed by atoms with Crippen LogP contribution in [-0.4, -0.2) is 25.2 Å². The summed E-state index contributed by atoms with van der Waals surface area (Å²) in [6.45, 7) is 6.60. The monoisotopic (exact) mass is 197 g/mol. The highest BCUT2D eigenvalue weighted by Gasteiger charge is 2.16. The molecule has 0 aliphatic heterocycles. The highest BCUT2D eigenvalue weighted by molar-refractivity contribution is 5.75. The zero-order valence-corrected chi connectivity index (χ0v) is 9.22. The Morgan fingerprint density at radius 3 is 2.71 bits per heavy atom. The van der Waals surface area contributed by atoms with Gasteiger partial charge < -0.3 is 4.74 Å². The largest absolute Gasteiger partial charge is 0.465 e. The van der Waals surface area contributed by atoms with Gasteiger partial charge in [-0.2, -0.15) is 0 Å². The van der Waals surface area contributed by atoms with Crippen molar-refractivity contribution in [3.63, 3.8) is 0 Å². The smallest absolute Gasteiger partial charge is 0.323 e. The summed E-state index contributed by atoms with van der Waals surface area (Å²) in [5, 5.41) is 3.06. The lowest BCUT2D eigenvalue weighted by Gasteiger charge is -2.14. The van der Waals surface area contributed by atoms with E-state index in [0.717, 1.165) is 12.8 Å². The Labute approximate surface area is 86.2 Å². The molecule has 0 radical (unpaired) electrons. The molecule has 14 heavy (non-hydrogen) atoms. The molecule has 0 fully saturated rings. The second-order valence-corrected chi connectivity index (χ2v) is 2.90. The Hall–Kier alpha value is -1.01. The quantitative estimate of drug-likeness (QED) is 0.515. The minimum Gasteiger partial charge on any atom is -0.465 e. The second-order valence-electron chi connectivity index (χ2n) is 2.90. The molecule has 1 unspecified atom stereocenters. The van der Waals surface area contributed by atoms with E-state index in [4.69, 9.17) is 4.74 Å². The number of rotatable bonds is 6. The predicted octanol–water partition coefficient (Wildman–Crippen LogP) is 1.33. The number of esters is 1. The molecule has 0 bridgehead atoms. The molecule has 0 amide bonds. The van der Waals surface area contributed by atoms with Crippen LogP contribution in [0.3, 0.4) is 0 Å². The maximum absolute atomic E-state index is 11.4. The zero-order chi connectivity index (χ0) is 10.8. The standard InChI is InChI=1S/C11H19NO2/c1-4-7-9-12-10(8-5-2)11(13)14-6-3/h10,12H,5-6,8-9H2,1-3H3. The summed E-state index contributed by atoms with van der Waals surface area (Å²) in [4.78, 5) is 11.4. The maximum atomic E-state index is 11.4. The maximum Gasteiger partial charge on any atom is 0.323 e. The van der Waals surface area contributed by atoms with Crippen molar-refractivity contribution in [3.8, 4) is 11.8 Å². The van der Waals surface area contributed by atoms with Gasteiger partial charge in [0.05, 0.1) is 13.2 Å². The van der Waals surface area contributed by atoms with Gasteiger partial charge in [0, 0.05) is 0 Å². The van der Waals surface area contributed by atoms with Gasteiger partial charge in [-0.15, -0.1) is 5.92 Å². The van der Waals surface area contributed by atoms with Crippen molar-refractivity contribution in [2.24, 2.45) is 0 Å². The van der Waals surface area contributed by atoms with Gasteiger partial charge in [0.1, 0.15) is 6.04 Å². The van der Waals surface area contributed by atoms with Crippen LogP contribution in [0.5, 0.6) is 0 Å². The minimum atomic E-state index is -0.208. The van der Waals surface area contributed by atoms with Crippen molar-refractivity contribution in [1.82, 2.24) is 5.32 Å². The molecular formula is C11H19NO2. The van der Waals surface area contributed by atoms with Gasteiger partial charge in [0.2, 0.25) is 0 Å². The molecule has 0 aromatic heterocycles. The van der Waals surface area contributed by atoms with Crippen molar-refractivity contribution in [1.29, 1.82) is 0 Å². The fraction of sp³-hybridized carbons (Fsp3) is 0.727. The van der Waals surface area contributed by atoms with Crippen LogP contribution in [0.25, 0.3) is 0 Å². The summed E-state index contributed by atoms with van der Waals surface area (Å²) in [6, 6.07) is -0.208. The molecule has 0 saturated heterocycles.